The number of aryl methyl sites for hydroxylation is 1. The minimum Gasteiger partial charge on any atom is -0.490 e. The van der Waals surface area contributed by atoms with Gasteiger partial charge in [0.05, 0.1) is 13.2 Å². The van der Waals surface area contributed by atoms with Gasteiger partial charge in [-0.2, -0.15) is 0 Å². The zero-order valence-corrected chi connectivity index (χ0v) is 23.2. The van der Waals surface area contributed by atoms with Crippen LogP contribution in [0.1, 0.15) is 76.8 Å². The topological polar surface area (TPSA) is 67.9 Å². The predicted octanol–water partition coefficient (Wildman–Crippen LogP) is 6.33. The number of rotatable bonds is 13. The van der Waals surface area contributed by atoms with E-state index in [1.54, 1.807) is 4.90 Å². The summed E-state index contributed by atoms with van der Waals surface area (Å²) in [4.78, 5) is 28.7. The van der Waals surface area contributed by atoms with Crippen LogP contribution in [-0.2, 0) is 22.6 Å². The fourth-order valence-corrected chi connectivity index (χ4v) is 5.02. The lowest BCUT2D eigenvalue weighted by atomic mass is 9.95. The van der Waals surface area contributed by atoms with Gasteiger partial charge in [0, 0.05) is 24.0 Å². The number of ether oxygens (including phenoxy) is 2. The summed E-state index contributed by atoms with van der Waals surface area (Å²) in [5.41, 5.74) is 1.94. The van der Waals surface area contributed by atoms with E-state index in [0.29, 0.717) is 55.5 Å². The molecule has 1 aliphatic carbocycles. The van der Waals surface area contributed by atoms with E-state index in [4.69, 9.17) is 21.1 Å². The standard InChI is InChI=1S/C30H41ClN2O4/c1-4-26(30(35)32-25-10-8-7-9-11-25)33(21-23-12-16-24(31)17-13-23)29(34)19-15-22-14-18-27(36-5-2)28(20-22)37-6-3/h12-14,16-18,20,25-26H,4-11,15,19,21H2,1-3H3,(H,32,35). The second-order valence-electron chi connectivity index (χ2n) is 9.56. The smallest absolute Gasteiger partial charge is 0.243 e. The Hall–Kier alpha value is -2.73. The molecule has 1 unspecified atom stereocenters. The average molecular weight is 529 g/mol. The van der Waals surface area contributed by atoms with Gasteiger partial charge in [-0.05, 0) is 74.9 Å². The highest BCUT2D eigenvalue weighted by molar-refractivity contribution is 6.30. The van der Waals surface area contributed by atoms with Gasteiger partial charge < -0.3 is 19.7 Å². The maximum Gasteiger partial charge on any atom is 0.243 e. The molecule has 7 heteroatoms. The number of hydrogen-bond acceptors (Lipinski definition) is 4. The van der Waals surface area contributed by atoms with Crippen molar-refractivity contribution in [2.45, 2.75) is 90.8 Å². The van der Waals surface area contributed by atoms with Crippen LogP contribution in [0.25, 0.3) is 0 Å². The van der Waals surface area contributed by atoms with Gasteiger partial charge in [-0.1, -0.05) is 56.0 Å². The van der Waals surface area contributed by atoms with Crippen LogP contribution >= 0.6 is 11.6 Å². The molecule has 0 radical (unpaired) electrons. The Balaban J connectivity index is 1.76. The van der Waals surface area contributed by atoms with Crippen LogP contribution in [0.15, 0.2) is 42.5 Å². The summed E-state index contributed by atoms with van der Waals surface area (Å²) in [5.74, 6) is 1.28. The summed E-state index contributed by atoms with van der Waals surface area (Å²) in [6, 6.07) is 12.9. The van der Waals surface area contributed by atoms with E-state index in [1.165, 1.54) is 6.42 Å². The number of nitrogens with one attached hydrogen (secondary N) is 1. The molecule has 0 spiro atoms. The number of benzene rings is 2. The van der Waals surface area contributed by atoms with E-state index in [1.807, 2.05) is 63.2 Å². The van der Waals surface area contributed by atoms with E-state index in [2.05, 4.69) is 5.32 Å². The van der Waals surface area contributed by atoms with Crippen molar-refractivity contribution in [2.75, 3.05) is 13.2 Å². The summed E-state index contributed by atoms with van der Waals surface area (Å²) >= 11 is 6.08. The highest BCUT2D eigenvalue weighted by Crippen LogP contribution is 2.29. The molecule has 0 saturated heterocycles. The van der Waals surface area contributed by atoms with E-state index < -0.39 is 6.04 Å². The number of amides is 2. The van der Waals surface area contributed by atoms with Crippen LogP contribution in [0.5, 0.6) is 11.5 Å². The SMILES string of the molecule is CCOc1ccc(CCC(=O)N(Cc2ccc(Cl)cc2)C(CC)C(=O)NC2CCCCC2)cc1OCC. The summed E-state index contributed by atoms with van der Waals surface area (Å²) in [6.45, 7) is 7.29. The van der Waals surface area contributed by atoms with Gasteiger partial charge >= 0.3 is 0 Å². The fraction of sp³-hybridized carbons (Fsp3) is 0.533. The van der Waals surface area contributed by atoms with Crippen molar-refractivity contribution in [1.82, 2.24) is 10.2 Å². The van der Waals surface area contributed by atoms with Gasteiger partial charge in [-0.3, -0.25) is 9.59 Å². The average Bonchev–Trinajstić information content (AvgIpc) is 2.90. The lowest BCUT2D eigenvalue weighted by Crippen LogP contribution is -2.51. The summed E-state index contributed by atoms with van der Waals surface area (Å²) in [6.07, 6.45) is 6.91. The Kier molecular flexibility index (Phi) is 11.6. The number of hydrogen-bond donors (Lipinski definition) is 1. The summed E-state index contributed by atoms with van der Waals surface area (Å²) in [7, 11) is 0. The van der Waals surface area contributed by atoms with E-state index in [-0.39, 0.29) is 17.9 Å². The van der Waals surface area contributed by atoms with Crippen LogP contribution in [-0.4, -0.2) is 42.0 Å². The second kappa shape index (κ2) is 14.9. The Bertz CT molecular complexity index is 1010. The van der Waals surface area contributed by atoms with Crippen LogP contribution < -0.4 is 14.8 Å². The first kappa shape index (κ1) is 28.8. The molecular weight excluding hydrogens is 488 g/mol. The first-order valence-electron chi connectivity index (χ1n) is 13.7. The molecule has 1 N–H and O–H groups in total. The van der Waals surface area contributed by atoms with Crippen LogP contribution in [0.4, 0.5) is 0 Å². The van der Waals surface area contributed by atoms with Crippen LogP contribution in [0.2, 0.25) is 5.02 Å². The number of nitrogens with zero attached hydrogens (tertiary/aromatic N) is 1. The Morgan fingerprint density at radius 2 is 1.59 bits per heavy atom. The van der Waals surface area contributed by atoms with Gasteiger partial charge in [0.25, 0.3) is 0 Å². The first-order valence-corrected chi connectivity index (χ1v) is 14.1. The minimum absolute atomic E-state index is 0.0487. The van der Waals surface area contributed by atoms with Gasteiger partial charge in [0.2, 0.25) is 11.8 Å². The molecule has 0 aliphatic heterocycles. The van der Waals surface area contributed by atoms with Gasteiger partial charge in [0.1, 0.15) is 6.04 Å². The predicted molar refractivity (Wildman–Crippen MR) is 148 cm³/mol. The maximum absolute atomic E-state index is 13.6. The summed E-state index contributed by atoms with van der Waals surface area (Å²) < 4.78 is 11.4. The minimum atomic E-state index is -0.524. The molecule has 0 aromatic heterocycles. The zero-order valence-electron chi connectivity index (χ0n) is 22.4. The lowest BCUT2D eigenvalue weighted by Gasteiger charge is -2.33. The normalized spacial score (nSPS) is 14.6. The molecule has 3 rings (SSSR count). The molecule has 37 heavy (non-hydrogen) atoms. The molecule has 0 bridgehead atoms. The van der Waals surface area contributed by atoms with E-state index in [9.17, 15) is 9.59 Å². The van der Waals surface area contributed by atoms with Crippen molar-refractivity contribution < 1.29 is 19.1 Å². The lowest BCUT2D eigenvalue weighted by molar-refractivity contribution is -0.141. The molecule has 1 aliphatic rings. The van der Waals surface area contributed by atoms with Crippen LogP contribution in [0.3, 0.4) is 0 Å². The molecule has 2 aromatic carbocycles. The van der Waals surface area contributed by atoms with Crippen molar-refractivity contribution in [3.8, 4) is 11.5 Å². The largest absolute Gasteiger partial charge is 0.490 e. The van der Waals surface area contributed by atoms with Crippen LogP contribution in [0, 0.1) is 0 Å². The molecule has 1 fully saturated rings. The highest BCUT2D eigenvalue weighted by atomic mass is 35.5. The monoisotopic (exact) mass is 528 g/mol. The molecule has 0 heterocycles. The Morgan fingerprint density at radius 3 is 2.24 bits per heavy atom. The molecule has 202 valence electrons. The van der Waals surface area contributed by atoms with E-state index >= 15 is 0 Å². The third kappa shape index (κ3) is 8.67. The van der Waals surface area contributed by atoms with E-state index in [0.717, 1.165) is 36.8 Å². The maximum atomic E-state index is 13.6. The van der Waals surface area contributed by atoms with Crippen molar-refractivity contribution in [3.63, 3.8) is 0 Å². The van der Waals surface area contributed by atoms with Gasteiger partial charge in [-0.15, -0.1) is 0 Å². The third-order valence-corrected chi connectivity index (χ3v) is 7.09. The first-order chi connectivity index (χ1) is 17.9. The molecule has 6 nitrogen and oxygen atoms in total. The molecule has 2 aromatic rings. The number of carbonyl (C=O) groups excluding carboxylic acids is 2. The van der Waals surface area contributed by atoms with Gasteiger partial charge in [-0.25, -0.2) is 0 Å². The zero-order chi connectivity index (χ0) is 26.6. The quantitative estimate of drug-likeness (QED) is 0.330. The molecule has 1 saturated carbocycles. The second-order valence-corrected chi connectivity index (χ2v) is 10.00. The molecule has 1 atom stereocenters. The van der Waals surface area contributed by atoms with Crippen molar-refractivity contribution in [3.05, 3.63) is 58.6 Å². The fourth-order valence-electron chi connectivity index (χ4n) is 4.90. The van der Waals surface area contributed by atoms with Crippen molar-refractivity contribution >= 4 is 23.4 Å². The third-order valence-electron chi connectivity index (χ3n) is 6.84. The van der Waals surface area contributed by atoms with Crippen molar-refractivity contribution in [2.24, 2.45) is 0 Å². The van der Waals surface area contributed by atoms with Gasteiger partial charge in [0.15, 0.2) is 11.5 Å². The van der Waals surface area contributed by atoms with Crippen molar-refractivity contribution in [1.29, 1.82) is 0 Å². The highest BCUT2D eigenvalue weighted by Gasteiger charge is 2.30. The Labute approximate surface area is 226 Å². The molecular formula is C30H41ClN2O4. The Morgan fingerprint density at radius 1 is 0.946 bits per heavy atom. The number of carbonyl (C=O) groups is 2. The number of halogens is 1. The molecule has 2 amide bonds. The summed E-state index contributed by atoms with van der Waals surface area (Å²) in [5, 5.41) is 3.87.